The number of carbonyl (C=O) groups is 13. The lowest BCUT2D eigenvalue weighted by Gasteiger charge is -2.36. The van der Waals surface area contributed by atoms with Gasteiger partial charge in [0.05, 0.1) is 0 Å². The van der Waals surface area contributed by atoms with E-state index in [-0.39, 0.29) is 30.6 Å². The van der Waals surface area contributed by atoms with Gasteiger partial charge in [-0.3, -0.25) is 42.2 Å². The van der Waals surface area contributed by atoms with E-state index in [4.69, 9.17) is 23.7 Å². The summed E-state index contributed by atoms with van der Waals surface area (Å²) >= 11 is 1.76. The summed E-state index contributed by atoms with van der Waals surface area (Å²) in [7, 11) is 7.96. The number of amides is 10. The first-order valence-electron chi connectivity index (χ1n) is 31.1. The lowest BCUT2D eigenvalue weighted by molar-refractivity contribution is -0.160. The molecule has 3 aromatic carbocycles. The zero-order chi connectivity index (χ0) is 72.9. The Bertz CT molecular complexity index is 3270. The molecule has 0 spiro atoms. The van der Waals surface area contributed by atoms with Crippen LogP contribution in [0.15, 0.2) is 78.9 Å². The van der Waals surface area contributed by atoms with Crippen molar-refractivity contribution in [3.63, 3.8) is 0 Å². The number of nitrogens with one attached hydrogen (secondary N) is 4. The Morgan fingerprint density at radius 2 is 0.897 bits per heavy atom. The Balaban J connectivity index is 1.63. The van der Waals surface area contributed by atoms with Crippen molar-refractivity contribution in [1.82, 2.24) is 49.5 Å². The summed E-state index contributed by atoms with van der Waals surface area (Å²) in [5.74, 6) is -11.3. The highest BCUT2D eigenvalue weighted by atomic mass is 32.2. The van der Waals surface area contributed by atoms with Crippen LogP contribution in [0.4, 0.5) is 14.4 Å². The molecule has 1 aliphatic carbocycles. The van der Waals surface area contributed by atoms with E-state index in [1.807, 2.05) is 48.5 Å². The molecule has 31 heteroatoms. The summed E-state index contributed by atoms with van der Waals surface area (Å²) in [5.41, 5.74) is 3.31. The standard InChI is InChI=1S/C66H92N10O19S2/c1-37(2)53(73(14)59(83)52(36-97-76(17)42(8)78)72(13)57(81)40(6)68-65(90)95-66(9,10)11)61(86)91-33-49(69-63(88)94-32-48-46-29-23-21-27-44(46)45-28-22-24-30-47(45)48)55(79)67-39(5)56(80)71(12)51(35-96-75(16)41(7)77)58(82)74(15)54(38(3)4)62(87)92-34-50(60(84)85)70-64(89)93-31-43-25-19-18-20-26-43/h18-30,37-40,48-54H,31-36H2,1-17H3,(H,67,79)(H,68,90)(H,69,88)(H,70,89)(H,84,85)/t39-,40-,49+,50+,51-,52-,53-,54-/m0/s1. The van der Waals surface area contributed by atoms with Crippen molar-refractivity contribution >= 4 is 101 Å². The second-order valence-electron chi connectivity index (χ2n) is 24.8. The lowest BCUT2D eigenvalue weighted by Crippen LogP contribution is -2.60. The summed E-state index contributed by atoms with van der Waals surface area (Å²) in [6, 6.07) is 11.5. The molecule has 1 aliphatic rings. The van der Waals surface area contributed by atoms with E-state index < -0.39 is 157 Å². The Labute approximate surface area is 574 Å². The molecule has 8 atom stereocenters. The van der Waals surface area contributed by atoms with E-state index in [1.54, 1.807) is 78.8 Å². The van der Waals surface area contributed by atoms with Gasteiger partial charge < -0.3 is 69.7 Å². The lowest BCUT2D eigenvalue weighted by atomic mass is 9.98. The first-order valence-corrected chi connectivity index (χ1v) is 33.0. The largest absolute Gasteiger partial charge is 0.480 e. The third-order valence-corrected chi connectivity index (χ3v) is 17.8. The monoisotopic (exact) mass is 1390 g/mol. The molecule has 10 amide bonds. The van der Waals surface area contributed by atoms with Crippen molar-refractivity contribution in [3.05, 3.63) is 95.6 Å². The quantitative estimate of drug-likeness (QED) is 0.0322. The van der Waals surface area contributed by atoms with E-state index in [2.05, 4.69) is 21.3 Å². The number of benzene rings is 3. The van der Waals surface area contributed by atoms with E-state index >= 15 is 0 Å². The Kier molecular flexibility index (Phi) is 30.5. The number of nitrogens with zero attached hydrogens (tertiary/aromatic N) is 6. The third-order valence-electron chi connectivity index (χ3n) is 15.6. The number of carbonyl (C=O) groups excluding carboxylic acids is 12. The molecule has 3 aromatic rings. The number of ether oxygens (including phenoxy) is 5. The predicted octanol–water partition coefficient (Wildman–Crippen LogP) is 4.65. The van der Waals surface area contributed by atoms with Crippen LogP contribution in [0.5, 0.6) is 0 Å². The first-order chi connectivity index (χ1) is 45.4. The molecule has 29 nitrogen and oxygen atoms in total. The average molecular weight is 1390 g/mol. The number of hydrogen-bond acceptors (Lipinski definition) is 20. The van der Waals surface area contributed by atoms with Gasteiger partial charge >= 0.3 is 36.2 Å². The normalized spacial score (nSPS) is 14.1. The maximum absolute atomic E-state index is 14.8. The number of carboxylic acids is 1. The second-order valence-corrected chi connectivity index (χ2v) is 27.1. The van der Waals surface area contributed by atoms with Gasteiger partial charge in [-0.05, 0) is 98.2 Å². The van der Waals surface area contributed by atoms with Crippen molar-refractivity contribution in [2.75, 3.05) is 73.6 Å². The summed E-state index contributed by atoms with van der Waals surface area (Å²) in [6.45, 7) is 14.2. The molecular weight excluding hydrogens is 1300 g/mol. The van der Waals surface area contributed by atoms with Crippen LogP contribution in [0.1, 0.15) is 98.8 Å². The van der Waals surface area contributed by atoms with Crippen molar-refractivity contribution in [2.24, 2.45) is 11.8 Å². The summed E-state index contributed by atoms with van der Waals surface area (Å²) in [6.07, 6.45) is -3.16. The fourth-order valence-corrected chi connectivity index (χ4v) is 12.0. The number of alkyl carbamates (subject to hydrolysis) is 3. The van der Waals surface area contributed by atoms with Gasteiger partial charge in [-0.1, -0.05) is 107 Å². The summed E-state index contributed by atoms with van der Waals surface area (Å²) < 4.78 is 29.9. The topological polar surface area (TPSA) is 356 Å². The van der Waals surface area contributed by atoms with Crippen LogP contribution < -0.4 is 21.3 Å². The maximum Gasteiger partial charge on any atom is 0.408 e. The van der Waals surface area contributed by atoms with E-state index in [1.165, 1.54) is 78.6 Å². The zero-order valence-corrected chi connectivity index (χ0v) is 59.5. The number of esters is 2. The fraction of sp³-hybridized carbons (Fsp3) is 0.530. The zero-order valence-electron chi connectivity index (χ0n) is 57.9. The molecule has 0 bridgehead atoms. The van der Waals surface area contributed by atoms with Crippen molar-refractivity contribution in [3.8, 4) is 11.1 Å². The molecule has 4 rings (SSSR count). The molecule has 0 unspecified atom stereocenters. The number of likely N-dealkylation sites (N-methyl/N-ethyl adjacent to an activating group) is 4. The molecule has 0 aliphatic heterocycles. The highest BCUT2D eigenvalue weighted by molar-refractivity contribution is 7.97. The van der Waals surface area contributed by atoms with E-state index in [0.29, 0.717) is 5.56 Å². The van der Waals surface area contributed by atoms with Gasteiger partial charge in [0.25, 0.3) is 0 Å². The van der Waals surface area contributed by atoms with Crippen LogP contribution in [0.3, 0.4) is 0 Å². The van der Waals surface area contributed by atoms with Crippen molar-refractivity contribution < 1.29 is 91.1 Å². The van der Waals surface area contributed by atoms with Crippen LogP contribution in [-0.2, 0) is 78.2 Å². The molecule has 5 N–H and O–H groups in total. The van der Waals surface area contributed by atoms with Crippen molar-refractivity contribution in [1.29, 1.82) is 0 Å². The number of carboxylic acid groups (broad SMARTS) is 1. The van der Waals surface area contributed by atoms with Gasteiger partial charge in [0.2, 0.25) is 41.4 Å². The highest BCUT2D eigenvalue weighted by Crippen LogP contribution is 2.44. The molecule has 532 valence electrons. The molecule has 0 heterocycles. The van der Waals surface area contributed by atoms with Gasteiger partial charge in [-0.15, -0.1) is 0 Å². The van der Waals surface area contributed by atoms with Gasteiger partial charge in [0, 0.05) is 73.6 Å². The molecule has 0 fully saturated rings. The van der Waals surface area contributed by atoms with E-state index in [9.17, 15) is 67.4 Å². The molecule has 0 radical (unpaired) electrons. The molecule has 0 saturated carbocycles. The van der Waals surface area contributed by atoms with Crippen LogP contribution >= 0.6 is 23.9 Å². The molecular formula is C66H92N10O19S2. The van der Waals surface area contributed by atoms with Crippen molar-refractivity contribution in [2.45, 2.75) is 143 Å². The van der Waals surface area contributed by atoms with Crippen LogP contribution in [0, 0.1) is 11.8 Å². The predicted molar refractivity (Wildman–Crippen MR) is 359 cm³/mol. The van der Waals surface area contributed by atoms with E-state index in [0.717, 1.165) is 65.7 Å². The fourth-order valence-electron chi connectivity index (χ4n) is 10.1. The summed E-state index contributed by atoms with van der Waals surface area (Å²) in [5, 5.41) is 19.5. The highest BCUT2D eigenvalue weighted by Gasteiger charge is 2.42. The Morgan fingerprint density at radius 3 is 1.32 bits per heavy atom. The number of fused-ring (bicyclic) bond motifs is 3. The van der Waals surface area contributed by atoms with Gasteiger partial charge in [-0.2, -0.15) is 0 Å². The summed E-state index contributed by atoms with van der Waals surface area (Å²) in [4.78, 5) is 181. The molecule has 97 heavy (non-hydrogen) atoms. The minimum atomic E-state index is -1.83. The van der Waals surface area contributed by atoms with Gasteiger partial charge in [0.15, 0.2) is 6.04 Å². The smallest absolute Gasteiger partial charge is 0.408 e. The number of rotatable bonds is 32. The van der Waals surface area contributed by atoms with Gasteiger partial charge in [0.1, 0.15) is 74.3 Å². The Morgan fingerprint density at radius 1 is 0.495 bits per heavy atom. The molecule has 0 saturated heterocycles. The average Bonchev–Trinajstić information content (AvgIpc) is 1.63. The molecule has 0 aromatic heterocycles. The Hall–Kier alpha value is -9.13. The second kappa shape index (κ2) is 36.8. The number of hydrogen-bond donors (Lipinski definition) is 5. The van der Waals surface area contributed by atoms with Crippen LogP contribution in [0.25, 0.3) is 11.1 Å². The third kappa shape index (κ3) is 23.3. The number of aliphatic carboxylic acids is 1. The SMILES string of the molecule is CC(=O)N(C)SC[C@@H](C(=O)N(C)[C@H](C(=O)OC[C@@H](NC(=O)OCC1c2ccccc2-c2ccccc21)C(=O)N[C@@H](C)C(=O)N(C)[C@@H](CSN(C)C(C)=O)C(=O)N(C)[C@H](C(=O)OC[C@@H](NC(=O)OCc1ccccc1)C(=O)O)C(C)C)C(C)C)N(C)C(=O)[C@H](C)NC(=O)OC(C)(C)C. The first kappa shape index (κ1) is 80.3. The van der Waals surface area contributed by atoms with Gasteiger partial charge in [-0.25, -0.2) is 28.8 Å². The maximum atomic E-state index is 14.8. The minimum absolute atomic E-state index is 0.189. The minimum Gasteiger partial charge on any atom is -0.480 e. The van der Waals surface area contributed by atoms with Crippen LogP contribution in [-0.4, -0.2) is 238 Å². The van der Waals surface area contributed by atoms with Crippen LogP contribution in [0.2, 0.25) is 0 Å².